The van der Waals surface area contributed by atoms with Gasteiger partial charge in [-0.05, 0) is 19.3 Å². The molecule has 1 aliphatic rings. The molecule has 1 rings (SSSR count). The molecule has 0 heterocycles. The van der Waals surface area contributed by atoms with Crippen LogP contribution < -0.4 is 0 Å². The largest absolute Gasteiger partial charge is 0.392 e. The average molecular weight is 261 g/mol. The molecule has 0 aliphatic heterocycles. The first-order valence-electron chi connectivity index (χ1n) is 3.16. The molecule has 0 aromatic rings. The van der Waals surface area contributed by atoms with E-state index < -0.39 is 0 Å². The van der Waals surface area contributed by atoms with E-state index in [4.69, 9.17) is 11.6 Å². The molecule has 0 aromatic heterocycles. The first-order chi connectivity index (χ1) is 4.20. The highest BCUT2D eigenvalue weighted by molar-refractivity contribution is 14.1. The first-order valence-corrected chi connectivity index (χ1v) is 4.84. The summed E-state index contributed by atoms with van der Waals surface area (Å²) in [5, 5.41) is 9.47. The van der Waals surface area contributed by atoms with Crippen LogP contribution in [0.4, 0.5) is 0 Å². The van der Waals surface area contributed by atoms with E-state index in [0.717, 1.165) is 19.3 Å². The monoisotopic (exact) mass is 260 g/mol. The summed E-state index contributed by atoms with van der Waals surface area (Å²) in [7, 11) is 0. The molecule has 1 N–H and O–H groups in total. The second-order valence-corrected chi connectivity index (χ2v) is 4.71. The number of aliphatic hydroxyl groups excluding tert-OH is 1. The van der Waals surface area contributed by atoms with Crippen molar-refractivity contribution in [1.82, 2.24) is 0 Å². The van der Waals surface area contributed by atoms with Gasteiger partial charge in [0.25, 0.3) is 0 Å². The Labute approximate surface area is 73.9 Å². The summed E-state index contributed by atoms with van der Waals surface area (Å²) in [4.78, 5) is 0. The first kappa shape index (κ1) is 8.08. The molecule has 0 aromatic carbocycles. The molecule has 9 heavy (non-hydrogen) atoms. The lowest BCUT2D eigenvalue weighted by Crippen LogP contribution is -2.29. The van der Waals surface area contributed by atoms with Gasteiger partial charge in [0.2, 0.25) is 0 Å². The summed E-state index contributed by atoms with van der Waals surface area (Å²) in [6.45, 7) is 0. The Morgan fingerprint density at radius 3 is 2.56 bits per heavy atom. The van der Waals surface area contributed by atoms with Crippen molar-refractivity contribution < 1.29 is 5.11 Å². The van der Waals surface area contributed by atoms with E-state index in [1.807, 2.05) is 0 Å². The van der Waals surface area contributed by atoms with Gasteiger partial charge >= 0.3 is 0 Å². The lowest BCUT2D eigenvalue weighted by molar-refractivity contribution is 0.144. The van der Waals surface area contributed by atoms with Crippen molar-refractivity contribution in [3.63, 3.8) is 0 Å². The van der Waals surface area contributed by atoms with Gasteiger partial charge in [-0.2, -0.15) is 0 Å². The number of rotatable bonds is 0. The normalized spacial score (nSPS) is 45.0. The maximum Gasteiger partial charge on any atom is 0.0671 e. The van der Waals surface area contributed by atoms with E-state index in [1.165, 1.54) is 0 Å². The van der Waals surface area contributed by atoms with E-state index in [9.17, 15) is 5.11 Å². The van der Waals surface area contributed by atoms with Crippen molar-refractivity contribution in [3.8, 4) is 0 Å². The van der Waals surface area contributed by atoms with Gasteiger partial charge in [0.05, 0.1) is 6.10 Å². The van der Waals surface area contributed by atoms with Gasteiger partial charge in [0.15, 0.2) is 0 Å². The summed E-state index contributed by atoms with van der Waals surface area (Å²) < 4.78 is 0.428. The maximum absolute atomic E-state index is 9.26. The van der Waals surface area contributed by atoms with Crippen molar-refractivity contribution in [2.24, 2.45) is 0 Å². The highest BCUT2D eigenvalue weighted by Crippen LogP contribution is 2.27. The van der Waals surface area contributed by atoms with E-state index in [1.54, 1.807) is 0 Å². The summed E-state index contributed by atoms with van der Waals surface area (Å²) in [5.74, 6) is 0. The van der Waals surface area contributed by atoms with E-state index in [-0.39, 0.29) is 11.5 Å². The third kappa shape index (κ3) is 2.24. The van der Waals surface area contributed by atoms with Gasteiger partial charge in [-0.25, -0.2) is 0 Å². The van der Waals surface area contributed by atoms with Crippen LogP contribution in [0.15, 0.2) is 0 Å². The third-order valence-corrected chi connectivity index (χ3v) is 3.52. The van der Waals surface area contributed by atoms with E-state index in [0.29, 0.717) is 3.92 Å². The number of halogens is 2. The molecule has 1 nitrogen and oxygen atoms in total. The molecule has 1 saturated carbocycles. The highest BCUT2D eigenvalue weighted by atomic mass is 127. The number of aliphatic hydroxyl groups is 1. The second kappa shape index (κ2) is 3.39. The Bertz CT molecular complexity index is 99.1. The zero-order chi connectivity index (χ0) is 6.85. The topological polar surface area (TPSA) is 20.2 Å². The lowest BCUT2D eigenvalue weighted by Gasteiger charge is -2.25. The Morgan fingerprint density at radius 1 is 1.44 bits per heavy atom. The van der Waals surface area contributed by atoms with E-state index >= 15 is 0 Å². The van der Waals surface area contributed by atoms with Gasteiger partial charge in [0, 0.05) is 9.30 Å². The zero-order valence-corrected chi connectivity index (χ0v) is 7.97. The van der Waals surface area contributed by atoms with Crippen molar-refractivity contribution in [1.29, 1.82) is 0 Å². The molecule has 0 amide bonds. The summed E-state index contributed by atoms with van der Waals surface area (Å²) >= 11 is 8.10. The Kier molecular flexibility index (Phi) is 3.05. The molecule has 0 spiro atoms. The Morgan fingerprint density at radius 2 is 2.11 bits per heavy atom. The minimum absolute atomic E-state index is 0.165. The van der Waals surface area contributed by atoms with Crippen molar-refractivity contribution in [3.05, 3.63) is 0 Å². The standard InChI is InChI=1S/C6H10ClIO/c7-4-1-2-5(8)6(9)3-4/h4-6,9H,1-3H2. The number of hydrogen-bond acceptors (Lipinski definition) is 1. The predicted molar refractivity (Wildman–Crippen MR) is 47.3 cm³/mol. The van der Waals surface area contributed by atoms with Crippen LogP contribution >= 0.6 is 34.2 Å². The van der Waals surface area contributed by atoms with Gasteiger partial charge in [0.1, 0.15) is 0 Å². The molecular weight excluding hydrogens is 250 g/mol. The summed E-state index contributed by atoms with van der Waals surface area (Å²) in [6.07, 6.45) is 2.74. The van der Waals surface area contributed by atoms with Crippen LogP contribution in [0.25, 0.3) is 0 Å². The number of hydrogen-bond donors (Lipinski definition) is 1. The Hall–Kier alpha value is 0.980. The molecule has 3 heteroatoms. The molecule has 0 radical (unpaired) electrons. The predicted octanol–water partition coefficient (Wildman–Crippen LogP) is 1.94. The van der Waals surface area contributed by atoms with E-state index in [2.05, 4.69) is 22.6 Å². The SMILES string of the molecule is OC1CC(Cl)CCC1I. The highest BCUT2D eigenvalue weighted by Gasteiger charge is 2.25. The Balaban J connectivity index is 2.35. The fourth-order valence-electron chi connectivity index (χ4n) is 1.06. The smallest absolute Gasteiger partial charge is 0.0671 e. The average Bonchev–Trinajstić information content (AvgIpc) is 1.80. The molecule has 3 unspecified atom stereocenters. The minimum atomic E-state index is -0.165. The fraction of sp³-hybridized carbons (Fsp3) is 1.00. The molecule has 0 bridgehead atoms. The van der Waals surface area contributed by atoms with Crippen molar-refractivity contribution >= 4 is 34.2 Å². The minimum Gasteiger partial charge on any atom is -0.392 e. The zero-order valence-electron chi connectivity index (χ0n) is 5.06. The molecular formula is C6H10ClIO. The van der Waals surface area contributed by atoms with Crippen molar-refractivity contribution in [2.45, 2.75) is 34.7 Å². The molecule has 0 saturated heterocycles. The molecule has 3 atom stereocenters. The van der Waals surface area contributed by atoms with Crippen LogP contribution in [-0.2, 0) is 0 Å². The molecule has 54 valence electrons. The van der Waals surface area contributed by atoms with Crippen LogP contribution in [0.1, 0.15) is 19.3 Å². The van der Waals surface area contributed by atoms with Crippen LogP contribution in [0.2, 0.25) is 0 Å². The van der Waals surface area contributed by atoms with Gasteiger partial charge in [-0.3, -0.25) is 0 Å². The summed E-state index contributed by atoms with van der Waals surface area (Å²) in [6, 6.07) is 0. The lowest BCUT2D eigenvalue weighted by atomic mass is 9.97. The van der Waals surface area contributed by atoms with Crippen LogP contribution in [-0.4, -0.2) is 20.5 Å². The van der Waals surface area contributed by atoms with Crippen molar-refractivity contribution in [2.75, 3.05) is 0 Å². The quantitative estimate of drug-likeness (QED) is 0.521. The number of alkyl halides is 2. The maximum atomic E-state index is 9.26. The van der Waals surface area contributed by atoms with Crippen LogP contribution in [0.5, 0.6) is 0 Å². The van der Waals surface area contributed by atoms with Crippen LogP contribution in [0, 0.1) is 0 Å². The second-order valence-electron chi connectivity index (χ2n) is 2.49. The van der Waals surface area contributed by atoms with Gasteiger partial charge in [-0.15, -0.1) is 11.6 Å². The van der Waals surface area contributed by atoms with Gasteiger partial charge < -0.3 is 5.11 Å². The van der Waals surface area contributed by atoms with Gasteiger partial charge in [-0.1, -0.05) is 22.6 Å². The summed E-state index contributed by atoms with van der Waals surface area (Å²) in [5.41, 5.74) is 0. The third-order valence-electron chi connectivity index (χ3n) is 1.67. The van der Waals surface area contributed by atoms with Crippen LogP contribution in [0.3, 0.4) is 0 Å². The molecule has 1 aliphatic carbocycles. The molecule has 1 fully saturated rings. The fourth-order valence-corrected chi connectivity index (χ4v) is 2.02.